The number of aromatic nitrogens is 3. The van der Waals surface area contributed by atoms with Crippen molar-refractivity contribution in [3.8, 4) is 0 Å². The summed E-state index contributed by atoms with van der Waals surface area (Å²) in [5.41, 5.74) is 2.26. The summed E-state index contributed by atoms with van der Waals surface area (Å²) in [5, 5.41) is 8.20. The molecular weight excluding hydrogens is 252 g/mol. The zero-order chi connectivity index (χ0) is 14.1. The molecule has 0 bridgehead atoms. The summed E-state index contributed by atoms with van der Waals surface area (Å²) in [6.07, 6.45) is 0.458. The van der Waals surface area contributed by atoms with Gasteiger partial charge in [-0.1, -0.05) is 24.3 Å². The first kappa shape index (κ1) is 12.8. The number of hydrogen-bond acceptors (Lipinski definition) is 3. The van der Waals surface area contributed by atoms with Crippen molar-refractivity contribution in [3.63, 3.8) is 0 Å². The highest BCUT2D eigenvalue weighted by molar-refractivity contribution is 5.79. The number of amides is 1. The summed E-state index contributed by atoms with van der Waals surface area (Å²) in [7, 11) is 0. The Morgan fingerprint density at radius 1 is 1.20 bits per heavy atom. The molecule has 5 nitrogen and oxygen atoms in total. The first-order valence-corrected chi connectivity index (χ1v) is 6.86. The van der Waals surface area contributed by atoms with E-state index in [0.29, 0.717) is 13.0 Å². The van der Waals surface area contributed by atoms with Gasteiger partial charge in [-0.05, 0) is 25.0 Å². The van der Waals surface area contributed by atoms with Crippen molar-refractivity contribution in [2.45, 2.75) is 33.4 Å². The van der Waals surface area contributed by atoms with Crippen LogP contribution in [-0.4, -0.2) is 32.1 Å². The molecule has 1 amide bonds. The largest absolute Gasteiger partial charge is 0.333 e. The molecule has 0 radical (unpaired) electrons. The van der Waals surface area contributed by atoms with E-state index in [4.69, 9.17) is 0 Å². The van der Waals surface area contributed by atoms with Gasteiger partial charge in [0.15, 0.2) is 5.82 Å². The fraction of sp³-hybridized carbons (Fsp3) is 0.400. The van der Waals surface area contributed by atoms with Crippen LogP contribution in [0.15, 0.2) is 24.3 Å². The Bertz CT molecular complexity index is 647. The van der Waals surface area contributed by atoms with Crippen LogP contribution in [0.3, 0.4) is 0 Å². The van der Waals surface area contributed by atoms with Crippen LogP contribution in [0.4, 0.5) is 0 Å². The third-order valence-corrected chi connectivity index (χ3v) is 3.89. The smallest absolute Gasteiger partial charge is 0.227 e. The van der Waals surface area contributed by atoms with Crippen LogP contribution in [0.5, 0.6) is 0 Å². The summed E-state index contributed by atoms with van der Waals surface area (Å²) >= 11 is 0. The number of benzene rings is 1. The molecule has 1 aliphatic rings. The van der Waals surface area contributed by atoms with Crippen molar-refractivity contribution in [2.75, 3.05) is 6.54 Å². The summed E-state index contributed by atoms with van der Waals surface area (Å²) < 4.78 is 2.08. The molecule has 0 N–H and O–H groups in total. The van der Waals surface area contributed by atoms with E-state index in [1.54, 1.807) is 0 Å². The van der Waals surface area contributed by atoms with E-state index >= 15 is 0 Å². The number of fused-ring (bicyclic) bond motifs is 1. The van der Waals surface area contributed by atoms with Gasteiger partial charge in [0.25, 0.3) is 0 Å². The summed E-state index contributed by atoms with van der Waals surface area (Å²) in [6.45, 7) is 6.07. The predicted molar refractivity (Wildman–Crippen MR) is 75.1 cm³/mol. The maximum atomic E-state index is 12.4. The van der Waals surface area contributed by atoms with Gasteiger partial charge in [-0.2, -0.15) is 0 Å². The number of carbonyl (C=O) groups excluding carboxylic acids is 1. The number of rotatable bonds is 2. The van der Waals surface area contributed by atoms with Gasteiger partial charge in [0.05, 0.1) is 13.0 Å². The zero-order valence-electron chi connectivity index (χ0n) is 11.8. The Morgan fingerprint density at radius 3 is 2.80 bits per heavy atom. The second-order valence-corrected chi connectivity index (χ2v) is 5.23. The zero-order valence-corrected chi connectivity index (χ0v) is 11.8. The Labute approximate surface area is 118 Å². The lowest BCUT2D eigenvalue weighted by Crippen LogP contribution is -2.39. The van der Waals surface area contributed by atoms with Crippen molar-refractivity contribution in [2.24, 2.45) is 0 Å². The molecule has 0 saturated carbocycles. The lowest BCUT2D eigenvalue weighted by atomic mass is 10.1. The van der Waals surface area contributed by atoms with Crippen LogP contribution in [0.1, 0.15) is 22.8 Å². The van der Waals surface area contributed by atoms with Crippen LogP contribution in [0, 0.1) is 13.8 Å². The average molecular weight is 270 g/mol. The number of nitrogens with zero attached hydrogens (tertiary/aromatic N) is 4. The Balaban J connectivity index is 1.72. The monoisotopic (exact) mass is 270 g/mol. The molecule has 0 spiro atoms. The molecule has 0 saturated heterocycles. The van der Waals surface area contributed by atoms with Crippen LogP contribution in [-0.2, 0) is 24.3 Å². The molecule has 0 atom stereocenters. The maximum Gasteiger partial charge on any atom is 0.227 e. The minimum Gasteiger partial charge on any atom is -0.333 e. The minimum absolute atomic E-state index is 0.159. The molecule has 3 rings (SSSR count). The summed E-state index contributed by atoms with van der Waals surface area (Å²) in [6, 6.07) is 8.03. The van der Waals surface area contributed by atoms with E-state index < -0.39 is 0 Å². The van der Waals surface area contributed by atoms with Crippen molar-refractivity contribution in [3.05, 3.63) is 47.0 Å². The first-order chi connectivity index (χ1) is 9.65. The van der Waals surface area contributed by atoms with Crippen molar-refractivity contribution >= 4 is 5.91 Å². The minimum atomic E-state index is 0.159. The van der Waals surface area contributed by atoms with Crippen LogP contribution < -0.4 is 0 Å². The van der Waals surface area contributed by atoms with Gasteiger partial charge >= 0.3 is 0 Å². The van der Waals surface area contributed by atoms with E-state index in [1.807, 2.05) is 43.0 Å². The lowest BCUT2D eigenvalue weighted by molar-refractivity contribution is -0.132. The van der Waals surface area contributed by atoms with Crippen molar-refractivity contribution in [1.82, 2.24) is 19.7 Å². The van der Waals surface area contributed by atoms with E-state index in [1.165, 1.54) is 0 Å². The highest BCUT2D eigenvalue weighted by Gasteiger charge is 2.23. The van der Waals surface area contributed by atoms with Crippen molar-refractivity contribution < 1.29 is 4.79 Å². The molecule has 20 heavy (non-hydrogen) atoms. The van der Waals surface area contributed by atoms with E-state index in [-0.39, 0.29) is 5.91 Å². The van der Waals surface area contributed by atoms with Gasteiger partial charge in [0.2, 0.25) is 5.91 Å². The summed E-state index contributed by atoms with van der Waals surface area (Å²) in [5.74, 6) is 1.96. The van der Waals surface area contributed by atoms with Crippen LogP contribution in [0.2, 0.25) is 0 Å². The predicted octanol–water partition coefficient (Wildman–Crippen LogP) is 1.48. The summed E-state index contributed by atoms with van der Waals surface area (Å²) in [4.78, 5) is 14.3. The fourth-order valence-electron chi connectivity index (χ4n) is 2.60. The maximum absolute atomic E-state index is 12.4. The Morgan fingerprint density at radius 2 is 2.00 bits per heavy atom. The van der Waals surface area contributed by atoms with Gasteiger partial charge in [0.1, 0.15) is 5.82 Å². The van der Waals surface area contributed by atoms with Crippen LogP contribution in [0.25, 0.3) is 0 Å². The molecule has 2 aromatic rings. The lowest BCUT2D eigenvalue weighted by Gasteiger charge is -2.27. The highest BCUT2D eigenvalue weighted by Crippen LogP contribution is 2.15. The SMILES string of the molecule is Cc1ccccc1CC(=O)N1CCn2c(C)nnc2C1. The molecule has 5 heteroatoms. The molecule has 1 aliphatic heterocycles. The molecule has 1 aromatic carbocycles. The molecule has 0 aliphatic carbocycles. The van der Waals surface area contributed by atoms with Gasteiger partial charge in [-0.15, -0.1) is 10.2 Å². The normalized spacial score (nSPS) is 14.2. The second-order valence-electron chi connectivity index (χ2n) is 5.23. The molecule has 1 aromatic heterocycles. The van der Waals surface area contributed by atoms with E-state index in [9.17, 15) is 4.79 Å². The Hall–Kier alpha value is -2.17. The third kappa shape index (κ3) is 2.31. The fourth-order valence-corrected chi connectivity index (χ4v) is 2.60. The van der Waals surface area contributed by atoms with Crippen molar-refractivity contribution in [1.29, 1.82) is 0 Å². The van der Waals surface area contributed by atoms with Gasteiger partial charge in [-0.25, -0.2) is 0 Å². The highest BCUT2D eigenvalue weighted by atomic mass is 16.2. The van der Waals surface area contributed by atoms with Gasteiger partial charge < -0.3 is 9.47 Å². The van der Waals surface area contributed by atoms with E-state index in [0.717, 1.165) is 35.9 Å². The van der Waals surface area contributed by atoms with Gasteiger partial charge in [-0.3, -0.25) is 4.79 Å². The topological polar surface area (TPSA) is 51.0 Å². The van der Waals surface area contributed by atoms with Crippen LogP contribution >= 0.6 is 0 Å². The first-order valence-electron chi connectivity index (χ1n) is 6.86. The number of carbonyl (C=O) groups is 1. The number of hydrogen-bond donors (Lipinski definition) is 0. The third-order valence-electron chi connectivity index (χ3n) is 3.89. The molecule has 2 heterocycles. The average Bonchev–Trinajstić information content (AvgIpc) is 2.82. The Kier molecular flexibility index (Phi) is 3.26. The molecule has 104 valence electrons. The van der Waals surface area contributed by atoms with Gasteiger partial charge in [0, 0.05) is 13.1 Å². The second kappa shape index (κ2) is 5.07. The molecule has 0 fully saturated rings. The molecule has 0 unspecified atom stereocenters. The standard InChI is InChI=1S/C15H18N4O/c1-11-5-3-4-6-13(11)9-15(20)18-7-8-19-12(2)16-17-14(19)10-18/h3-6H,7-10H2,1-2H3. The molecular formula is C15H18N4O. The number of aryl methyl sites for hydroxylation is 2. The van der Waals surface area contributed by atoms with E-state index in [2.05, 4.69) is 14.8 Å². The quantitative estimate of drug-likeness (QED) is 0.830.